The molecule has 0 spiro atoms. The summed E-state index contributed by atoms with van der Waals surface area (Å²) in [6, 6.07) is 27.9. The number of nitrogens with one attached hydrogen (secondary N) is 1. The van der Waals surface area contributed by atoms with Gasteiger partial charge in [0.2, 0.25) is 5.91 Å². The molecule has 2 aliphatic heterocycles. The average Bonchev–Trinajstić information content (AvgIpc) is 3.90. The average molecular weight is 839 g/mol. The van der Waals surface area contributed by atoms with E-state index in [2.05, 4.69) is 25.6 Å². The Morgan fingerprint density at radius 2 is 1.17 bits per heavy atom. The number of anilines is 2. The van der Waals surface area contributed by atoms with Crippen molar-refractivity contribution >= 4 is 47.7 Å². The summed E-state index contributed by atoms with van der Waals surface area (Å²) < 4.78 is 21.6. The highest BCUT2D eigenvalue weighted by molar-refractivity contribution is 6.02. The summed E-state index contributed by atoms with van der Waals surface area (Å²) in [7, 11) is 3.25. The number of pyridine rings is 2. The van der Waals surface area contributed by atoms with E-state index in [4.69, 9.17) is 29.4 Å². The molecule has 0 unspecified atom stereocenters. The van der Waals surface area contributed by atoms with Gasteiger partial charge in [0.1, 0.15) is 35.8 Å². The molecule has 3 amide bonds. The predicted molar refractivity (Wildman–Crippen MR) is 220 cm³/mol. The lowest BCUT2D eigenvalue weighted by atomic mass is 10.1. The molecule has 8 rings (SSSR count). The van der Waals surface area contributed by atoms with Gasteiger partial charge < -0.3 is 34.7 Å². The van der Waals surface area contributed by atoms with E-state index >= 15 is 0 Å². The summed E-state index contributed by atoms with van der Waals surface area (Å²) in [6.45, 7) is 3.50. The van der Waals surface area contributed by atoms with Crippen LogP contribution in [0.4, 0.5) is 11.6 Å². The molecule has 18 heteroatoms. The molecule has 0 radical (unpaired) electrons. The fraction of sp³-hybridized carbons (Fsp3) is 0.238. The summed E-state index contributed by atoms with van der Waals surface area (Å²) in [5.74, 6) is 1.04. The maximum Gasteiger partial charge on any atom is 0.358 e. The molecular weight excluding hydrogens is 796 g/mol. The van der Waals surface area contributed by atoms with Gasteiger partial charge >= 0.3 is 5.97 Å². The summed E-state index contributed by atoms with van der Waals surface area (Å²) in [5, 5.41) is 18.6. The first-order valence-corrected chi connectivity index (χ1v) is 18.5. The maximum absolute atomic E-state index is 12.9. The Balaban J connectivity index is 0.000000186. The number of aromatic nitrogens is 4. The minimum absolute atomic E-state index is 0. The van der Waals surface area contributed by atoms with Crippen molar-refractivity contribution < 1.29 is 42.8 Å². The standard InChI is InChI=1S/C21H20N4O4.C11H9NO3.C10H13N3O2.ClH/c1-13-18(21(27)25(2)19-17(28-13)9-6-10-22-19)23-20(26)16-12-15(29-24-16)11-14-7-4-3-5-8-14;13-11(14)10-7-9(15-12-10)6-8-4-2-1-3-5-8;1-6-8(11)10(14)13(2)9-7(15-6)4-3-5-12-9;/h3-10,12-13,18H,11H2,1-2H3,(H,23,26);1-5,7H,6H2,(H,13,14);3-6,8H,11H2,1-2H3;1H/t13-,18+;;6-,8+;/m1.1./s1. The minimum atomic E-state index is -1.07. The number of hydrogen-bond acceptors (Lipinski definition) is 13. The molecule has 0 aliphatic carbocycles. The zero-order valence-electron chi connectivity index (χ0n) is 33.0. The lowest BCUT2D eigenvalue weighted by Gasteiger charge is -2.22. The molecule has 17 nitrogen and oxygen atoms in total. The molecule has 60 heavy (non-hydrogen) atoms. The molecule has 6 heterocycles. The van der Waals surface area contributed by atoms with Crippen molar-refractivity contribution in [3.63, 3.8) is 0 Å². The number of hydrogen-bond donors (Lipinski definition) is 3. The first-order chi connectivity index (χ1) is 28.4. The monoisotopic (exact) mass is 838 g/mol. The molecule has 4 N–H and O–H groups in total. The Morgan fingerprint density at radius 3 is 1.67 bits per heavy atom. The zero-order chi connectivity index (χ0) is 42.1. The topological polar surface area (TPSA) is 229 Å². The molecule has 2 aromatic carbocycles. The van der Waals surface area contributed by atoms with Gasteiger partial charge in [-0.1, -0.05) is 71.0 Å². The van der Waals surface area contributed by atoms with Crippen LogP contribution in [0.2, 0.25) is 0 Å². The first-order valence-electron chi connectivity index (χ1n) is 18.5. The van der Waals surface area contributed by atoms with Crippen molar-refractivity contribution in [2.45, 2.75) is 51.0 Å². The summed E-state index contributed by atoms with van der Waals surface area (Å²) in [6.07, 6.45) is 3.35. The number of fused-ring (bicyclic) bond motifs is 2. The number of aromatic carboxylic acids is 1. The van der Waals surface area contributed by atoms with Crippen LogP contribution in [0.5, 0.6) is 11.5 Å². The SMILES string of the molecule is C[C@H]1Oc2cccnc2N(C)C(=O)[C@H]1N.C[C@H]1Oc2cccnc2N(C)C(=O)[C@H]1NC(=O)c1cc(Cc2ccccc2)on1.Cl.O=C(O)c1cc(Cc2ccccc2)on1. The fourth-order valence-corrected chi connectivity index (χ4v) is 6.03. The second kappa shape index (κ2) is 20.0. The number of carbonyl (C=O) groups excluding carboxylic acids is 3. The van der Waals surface area contributed by atoms with Crippen molar-refractivity contribution in [3.8, 4) is 11.5 Å². The van der Waals surface area contributed by atoms with Crippen LogP contribution in [0.25, 0.3) is 0 Å². The number of likely N-dealkylation sites (N-methyl/N-ethyl adjacent to an activating group) is 2. The van der Waals surface area contributed by atoms with Gasteiger partial charge in [0.05, 0.1) is 0 Å². The number of ether oxygens (including phenoxy) is 2. The summed E-state index contributed by atoms with van der Waals surface area (Å²) in [5.41, 5.74) is 7.91. The largest absolute Gasteiger partial charge is 0.485 e. The van der Waals surface area contributed by atoms with Crippen molar-refractivity contribution in [2.75, 3.05) is 23.9 Å². The van der Waals surface area contributed by atoms with E-state index in [9.17, 15) is 19.2 Å². The quantitative estimate of drug-likeness (QED) is 0.197. The van der Waals surface area contributed by atoms with Crippen LogP contribution < -0.4 is 30.3 Å². The van der Waals surface area contributed by atoms with Gasteiger partial charge in [0.15, 0.2) is 34.5 Å². The normalized spacial score (nSPS) is 17.9. The number of halogens is 1. The molecule has 0 saturated carbocycles. The molecule has 0 saturated heterocycles. The Kier molecular flexibility index (Phi) is 14.7. The number of benzene rings is 2. The van der Waals surface area contributed by atoms with E-state index < -0.39 is 30.1 Å². The Labute approximate surface area is 350 Å². The van der Waals surface area contributed by atoms with Gasteiger partial charge in [0, 0.05) is 51.5 Å². The number of carbonyl (C=O) groups is 4. The van der Waals surface area contributed by atoms with E-state index in [1.165, 1.54) is 15.9 Å². The smallest absolute Gasteiger partial charge is 0.358 e. The van der Waals surface area contributed by atoms with E-state index in [0.717, 1.165) is 11.1 Å². The second-order valence-corrected chi connectivity index (χ2v) is 13.6. The van der Waals surface area contributed by atoms with Gasteiger partial charge in [-0.3, -0.25) is 24.2 Å². The second-order valence-electron chi connectivity index (χ2n) is 13.6. The molecule has 312 valence electrons. The lowest BCUT2D eigenvalue weighted by molar-refractivity contribution is -0.122. The molecule has 6 aromatic rings. The number of nitrogens with two attached hydrogens (primary N) is 1. The van der Waals surface area contributed by atoms with Crippen LogP contribution >= 0.6 is 12.4 Å². The van der Waals surface area contributed by atoms with Crippen molar-refractivity contribution in [3.05, 3.63) is 143 Å². The molecule has 0 bridgehead atoms. The Morgan fingerprint density at radius 1 is 0.700 bits per heavy atom. The maximum atomic E-state index is 12.9. The lowest BCUT2D eigenvalue weighted by Crippen LogP contribution is -2.53. The van der Waals surface area contributed by atoms with Crippen LogP contribution in [0, 0.1) is 0 Å². The van der Waals surface area contributed by atoms with E-state index in [0.29, 0.717) is 47.5 Å². The van der Waals surface area contributed by atoms with Gasteiger partial charge in [-0.2, -0.15) is 0 Å². The van der Waals surface area contributed by atoms with Crippen LogP contribution in [0.3, 0.4) is 0 Å². The predicted octanol–water partition coefficient (Wildman–Crippen LogP) is 4.74. The summed E-state index contributed by atoms with van der Waals surface area (Å²) >= 11 is 0. The molecule has 0 fully saturated rings. The number of carboxylic acids is 1. The van der Waals surface area contributed by atoms with Gasteiger partial charge in [-0.15, -0.1) is 12.4 Å². The third kappa shape index (κ3) is 10.7. The van der Waals surface area contributed by atoms with Crippen molar-refractivity contribution in [1.29, 1.82) is 0 Å². The van der Waals surface area contributed by atoms with Crippen LogP contribution in [-0.2, 0) is 22.4 Å². The summed E-state index contributed by atoms with van der Waals surface area (Å²) in [4.78, 5) is 59.0. The number of rotatable bonds is 7. The Bertz CT molecular complexity index is 2390. The van der Waals surface area contributed by atoms with Crippen LogP contribution in [-0.4, -0.2) is 87.5 Å². The van der Waals surface area contributed by atoms with Gasteiger partial charge in [0.25, 0.3) is 11.8 Å². The third-order valence-corrected chi connectivity index (χ3v) is 9.25. The molecule has 4 atom stereocenters. The minimum Gasteiger partial charge on any atom is -0.485 e. The van der Waals surface area contributed by atoms with Gasteiger partial charge in [-0.05, 0) is 49.2 Å². The number of nitrogens with zero attached hydrogens (tertiary/aromatic N) is 6. The highest BCUT2D eigenvalue weighted by Gasteiger charge is 2.37. The molecular formula is C42H43ClN8O9. The fourth-order valence-electron chi connectivity index (χ4n) is 6.03. The number of carboxylic acid groups (broad SMARTS) is 1. The van der Waals surface area contributed by atoms with Gasteiger partial charge in [-0.25, -0.2) is 14.8 Å². The molecule has 2 aliphatic rings. The highest BCUT2D eigenvalue weighted by Crippen LogP contribution is 2.30. The third-order valence-electron chi connectivity index (χ3n) is 9.25. The molecule has 4 aromatic heterocycles. The first kappa shape index (κ1) is 44.0. The van der Waals surface area contributed by atoms with Crippen LogP contribution in [0.15, 0.2) is 119 Å². The van der Waals surface area contributed by atoms with E-state index in [1.807, 2.05) is 60.7 Å². The van der Waals surface area contributed by atoms with E-state index in [-0.39, 0.29) is 41.7 Å². The van der Waals surface area contributed by atoms with Crippen LogP contribution in [0.1, 0.15) is 57.5 Å². The van der Waals surface area contributed by atoms with Crippen molar-refractivity contribution in [1.82, 2.24) is 25.6 Å². The zero-order valence-corrected chi connectivity index (χ0v) is 33.8. The Hall–Kier alpha value is -7.11. The highest BCUT2D eigenvalue weighted by atomic mass is 35.5. The van der Waals surface area contributed by atoms with E-state index in [1.54, 1.807) is 70.7 Å². The van der Waals surface area contributed by atoms with Crippen molar-refractivity contribution in [2.24, 2.45) is 5.73 Å². The number of amides is 3.